The Balaban J connectivity index is 1.93. The lowest BCUT2D eigenvalue weighted by molar-refractivity contribution is 0.398. The van der Waals surface area contributed by atoms with Crippen LogP contribution in [0.3, 0.4) is 0 Å². The van der Waals surface area contributed by atoms with Gasteiger partial charge in [-0.15, -0.1) is 11.3 Å². The van der Waals surface area contributed by atoms with Crippen molar-refractivity contribution in [3.63, 3.8) is 0 Å². The Morgan fingerprint density at radius 2 is 1.83 bits per heavy atom. The van der Waals surface area contributed by atoms with E-state index in [0.29, 0.717) is 5.56 Å². The largest absolute Gasteiger partial charge is 0.243 e. The third-order valence-electron chi connectivity index (χ3n) is 3.87. The first-order valence-electron chi connectivity index (χ1n) is 7.27. The summed E-state index contributed by atoms with van der Waals surface area (Å²) in [7, 11) is -2.11. The van der Waals surface area contributed by atoms with Crippen molar-refractivity contribution in [3.05, 3.63) is 59.1 Å². The number of hydrogen-bond acceptors (Lipinski definition) is 5. The Labute approximate surface area is 144 Å². The molecule has 0 aliphatic heterocycles. The van der Waals surface area contributed by atoms with Crippen LogP contribution in [-0.2, 0) is 10.0 Å². The summed E-state index contributed by atoms with van der Waals surface area (Å²) in [6.07, 6.45) is 0. The van der Waals surface area contributed by atoms with Gasteiger partial charge in [-0.2, -0.15) is 9.57 Å². The van der Waals surface area contributed by atoms with Gasteiger partial charge in [-0.1, -0.05) is 12.1 Å². The topological polar surface area (TPSA) is 74.1 Å². The lowest BCUT2D eigenvalue weighted by atomic mass is 10.2. The van der Waals surface area contributed by atoms with Crippen LogP contribution in [0.2, 0.25) is 0 Å². The Morgan fingerprint density at radius 1 is 1.17 bits per heavy atom. The van der Waals surface area contributed by atoms with Gasteiger partial charge in [-0.05, 0) is 43.3 Å². The molecule has 0 aliphatic rings. The molecule has 0 saturated heterocycles. The number of aromatic nitrogens is 1. The lowest BCUT2D eigenvalue weighted by Crippen LogP contribution is -2.29. The maximum atomic E-state index is 12.8. The number of para-hydroxylation sites is 1. The van der Waals surface area contributed by atoms with Crippen LogP contribution in [0.5, 0.6) is 0 Å². The number of rotatable bonds is 4. The molecule has 1 aromatic heterocycles. The molecule has 122 valence electrons. The molecule has 0 N–H and O–H groups in total. The summed E-state index contributed by atoms with van der Waals surface area (Å²) in [4.78, 5) is 4.70. The van der Waals surface area contributed by atoms with E-state index in [9.17, 15) is 8.42 Å². The Hall–Kier alpha value is -2.27. The van der Waals surface area contributed by atoms with E-state index < -0.39 is 10.0 Å². The highest BCUT2D eigenvalue weighted by molar-refractivity contribution is 7.89. The van der Waals surface area contributed by atoms with Crippen molar-refractivity contribution in [2.45, 2.75) is 17.9 Å². The van der Waals surface area contributed by atoms with Crippen LogP contribution < -0.4 is 0 Å². The van der Waals surface area contributed by atoms with Gasteiger partial charge in [0, 0.05) is 7.05 Å². The van der Waals surface area contributed by atoms with Crippen LogP contribution in [0, 0.1) is 11.3 Å². The van der Waals surface area contributed by atoms with E-state index >= 15 is 0 Å². The second kappa shape index (κ2) is 6.32. The van der Waals surface area contributed by atoms with Gasteiger partial charge in [0.05, 0.1) is 32.8 Å². The van der Waals surface area contributed by atoms with Crippen LogP contribution in [0.4, 0.5) is 0 Å². The smallest absolute Gasteiger partial charge is 0.239 e. The highest BCUT2D eigenvalue weighted by atomic mass is 32.2. The average molecular weight is 357 g/mol. The fourth-order valence-electron chi connectivity index (χ4n) is 2.30. The molecule has 1 heterocycles. The monoisotopic (exact) mass is 357 g/mol. The van der Waals surface area contributed by atoms with Gasteiger partial charge in [0.2, 0.25) is 10.0 Å². The minimum atomic E-state index is -3.66. The van der Waals surface area contributed by atoms with E-state index in [0.717, 1.165) is 15.2 Å². The van der Waals surface area contributed by atoms with Gasteiger partial charge >= 0.3 is 0 Å². The predicted octanol–water partition coefficient (Wildman–Crippen LogP) is 3.55. The maximum absolute atomic E-state index is 12.8. The Bertz CT molecular complexity index is 985. The molecule has 0 saturated carbocycles. The number of benzene rings is 2. The Morgan fingerprint density at radius 3 is 2.46 bits per heavy atom. The molecular formula is C17H15N3O2S2. The summed E-state index contributed by atoms with van der Waals surface area (Å²) in [5, 5.41) is 9.58. The van der Waals surface area contributed by atoms with Crippen LogP contribution in [0.25, 0.3) is 10.2 Å². The molecule has 0 radical (unpaired) electrons. The molecule has 5 nitrogen and oxygen atoms in total. The minimum Gasteiger partial charge on any atom is -0.239 e. The van der Waals surface area contributed by atoms with E-state index in [4.69, 9.17) is 5.26 Å². The van der Waals surface area contributed by atoms with Crippen molar-refractivity contribution in [1.29, 1.82) is 5.26 Å². The molecule has 7 heteroatoms. The van der Waals surface area contributed by atoms with Crippen molar-refractivity contribution in [2.24, 2.45) is 0 Å². The lowest BCUT2D eigenvalue weighted by Gasteiger charge is -2.22. The maximum Gasteiger partial charge on any atom is 0.243 e. The molecule has 2 aromatic carbocycles. The number of hydrogen-bond donors (Lipinski definition) is 0. The number of nitrogens with zero attached hydrogens (tertiary/aromatic N) is 3. The molecule has 0 fully saturated rings. The second-order valence-electron chi connectivity index (χ2n) is 5.35. The SMILES string of the molecule is C[C@@H](c1nc2ccccc2s1)N(C)S(=O)(=O)c1ccc(C#N)cc1. The number of sulfonamides is 1. The molecule has 0 amide bonds. The fraction of sp³-hybridized carbons (Fsp3) is 0.176. The molecule has 0 spiro atoms. The van der Waals surface area contributed by atoms with Gasteiger partial charge in [0.25, 0.3) is 0 Å². The second-order valence-corrected chi connectivity index (χ2v) is 8.41. The quantitative estimate of drug-likeness (QED) is 0.716. The molecule has 24 heavy (non-hydrogen) atoms. The van der Waals surface area contributed by atoms with Crippen molar-refractivity contribution in [3.8, 4) is 6.07 Å². The van der Waals surface area contributed by atoms with Crippen LogP contribution >= 0.6 is 11.3 Å². The van der Waals surface area contributed by atoms with E-state index in [2.05, 4.69) is 4.98 Å². The Kier molecular flexibility index (Phi) is 4.37. The van der Waals surface area contributed by atoms with Crippen molar-refractivity contribution < 1.29 is 8.42 Å². The van der Waals surface area contributed by atoms with Crippen LogP contribution in [0.15, 0.2) is 53.4 Å². The standard InChI is InChI=1S/C17H15N3O2S2/c1-12(17-19-15-5-3-4-6-16(15)23-17)20(2)24(21,22)14-9-7-13(11-18)8-10-14/h3-10,12H,1-2H3/t12-/m0/s1. The highest BCUT2D eigenvalue weighted by Gasteiger charge is 2.28. The molecule has 0 aliphatic carbocycles. The normalized spacial score (nSPS) is 13.1. The zero-order chi connectivity index (χ0) is 17.3. The van der Waals surface area contributed by atoms with Gasteiger partial charge in [-0.3, -0.25) is 0 Å². The molecule has 3 rings (SSSR count). The number of nitriles is 1. The summed E-state index contributed by atoms with van der Waals surface area (Å²) in [5.41, 5.74) is 1.30. The van der Waals surface area contributed by atoms with Crippen molar-refractivity contribution >= 4 is 31.6 Å². The fourth-order valence-corrected chi connectivity index (χ4v) is 4.76. The van der Waals surface area contributed by atoms with Crippen LogP contribution in [0.1, 0.15) is 23.5 Å². The zero-order valence-corrected chi connectivity index (χ0v) is 14.8. The molecule has 0 bridgehead atoms. The molecule has 0 unspecified atom stereocenters. The van der Waals surface area contributed by atoms with Crippen LogP contribution in [-0.4, -0.2) is 24.8 Å². The first-order chi connectivity index (χ1) is 11.4. The van der Waals surface area contributed by atoms with E-state index in [1.807, 2.05) is 37.3 Å². The molecular weight excluding hydrogens is 342 g/mol. The third kappa shape index (κ3) is 2.91. The third-order valence-corrected chi connectivity index (χ3v) is 7.02. The van der Waals surface area contributed by atoms with Gasteiger partial charge in [0.1, 0.15) is 5.01 Å². The molecule has 3 aromatic rings. The number of fused-ring (bicyclic) bond motifs is 1. The van der Waals surface area contributed by atoms with Gasteiger partial charge in [0.15, 0.2) is 0 Å². The summed E-state index contributed by atoms with van der Waals surface area (Å²) >= 11 is 1.49. The van der Waals surface area contributed by atoms with E-state index in [1.54, 1.807) is 7.05 Å². The summed E-state index contributed by atoms with van der Waals surface area (Å²) in [5.74, 6) is 0. The van der Waals surface area contributed by atoms with E-state index in [-0.39, 0.29) is 10.9 Å². The van der Waals surface area contributed by atoms with E-state index in [1.165, 1.54) is 39.9 Å². The first kappa shape index (κ1) is 16.6. The summed E-state index contributed by atoms with van der Waals surface area (Å²) < 4.78 is 27.9. The number of thiazole rings is 1. The zero-order valence-electron chi connectivity index (χ0n) is 13.2. The van der Waals surface area contributed by atoms with Crippen molar-refractivity contribution in [1.82, 2.24) is 9.29 Å². The van der Waals surface area contributed by atoms with Crippen molar-refractivity contribution in [2.75, 3.05) is 7.05 Å². The predicted molar refractivity (Wildman–Crippen MR) is 94.1 cm³/mol. The summed E-state index contributed by atoms with van der Waals surface area (Å²) in [6, 6.07) is 15.2. The minimum absolute atomic E-state index is 0.164. The van der Waals surface area contributed by atoms with Gasteiger partial charge < -0.3 is 0 Å². The summed E-state index contributed by atoms with van der Waals surface area (Å²) in [6.45, 7) is 1.82. The first-order valence-corrected chi connectivity index (χ1v) is 9.53. The molecule has 1 atom stereocenters. The van der Waals surface area contributed by atoms with Gasteiger partial charge in [-0.25, -0.2) is 13.4 Å². The highest BCUT2D eigenvalue weighted by Crippen LogP contribution is 2.31. The average Bonchev–Trinajstić information content (AvgIpc) is 3.04.